The van der Waals surface area contributed by atoms with Crippen molar-refractivity contribution in [3.63, 3.8) is 0 Å². The average molecular weight is 1060 g/mol. The second-order valence-electron chi connectivity index (χ2n) is 21.3. The van der Waals surface area contributed by atoms with Gasteiger partial charge in [-0.1, -0.05) is 113 Å². The molecule has 4 saturated heterocycles. The number of thioether (sulfide) groups is 2. The van der Waals surface area contributed by atoms with Gasteiger partial charge in [-0.25, -0.2) is 0 Å². The van der Waals surface area contributed by atoms with Crippen molar-refractivity contribution >= 4 is 93.4 Å². The molecule has 72 heavy (non-hydrogen) atoms. The molecule has 0 spiro atoms. The summed E-state index contributed by atoms with van der Waals surface area (Å²) in [6, 6.07) is 12.6. The number of hydrogen-bond acceptors (Lipinski definition) is 12. The first-order valence-corrected chi connectivity index (χ1v) is 28.3. The summed E-state index contributed by atoms with van der Waals surface area (Å²) in [7, 11) is 3.62. The summed E-state index contributed by atoms with van der Waals surface area (Å²) in [4.78, 5) is 91.2. The molecule has 1 saturated carbocycles. The van der Waals surface area contributed by atoms with E-state index in [1.807, 2.05) is 116 Å². The van der Waals surface area contributed by atoms with Crippen LogP contribution in [0.1, 0.15) is 116 Å². The molecule has 2 aromatic rings. The van der Waals surface area contributed by atoms with Gasteiger partial charge < -0.3 is 52.3 Å². The van der Waals surface area contributed by atoms with Gasteiger partial charge in [-0.3, -0.25) is 28.8 Å². The summed E-state index contributed by atoms with van der Waals surface area (Å²) in [5, 5.41) is 24.9. The second kappa shape index (κ2) is 23.9. The first-order chi connectivity index (χ1) is 34.2. The van der Waals surface area contributed by atoms with Crippen LogP contribution in [-0.2, 0) is 28.8 Å². The van der Waals surface area contributed by atoms with Crippen LogP contribution in [0.4, 0.5) is 0 Å². The molecule has 2 aromatic carbocycles. The van der Waals surface area contributed by atoms with E-state index in [0.29, 0.717) is 72.5 Å². The third kappa shape index (κ3) is 12.6. The van der Waals surface area contributed by atoms with Gasteiger partial charge in [0.15, 0.2) is 0 Å². The summed E-state index contributed by atoms with van der Waals surface area (Å²) in [6.07, 6.45) is 4.63. The minimum Gasteiger partial charge on any atom is -0.367 e. The molecule has 8 N–H and O–H groups in total. The van der Waals surface area contributed by atoms with Crippen molar-refractivity contribution in [3.8, 4) is 0 Å². The predicted molar refractivity (Wildman–Crippen MR) is 293 cm³/mol. The summed E-state index contributed by atoms with van der Waals surface area (Å²) >= 11 is 14.6. The lowest BCUT2D eigenvalue weighted by molar-refractivity contribution is -0.143. The maximum Gasteiger partial charge on any atom is 0.247 e. The van der Waals surface area contributed by atoms with Crippen LogP contribution in [-0.4, -0.2) is 140 Å². The maximum absolute atomic E-state index is 14.6. The lowest BCUT2D eigenvalue weighted by Gasteiger charge is -2.36. The Bertz CT molecular complexity index is 2160. The van der Waals surface area contributed by atoms with Gasteiger partial charge in [0.2, 0.25) is 35.4 Å². The second-order valence-corrected chi connectivity index (χ2v) is 24.8. The van der Waals surface area contributed by atoms with E-state index >= 15 is 0 Å². The molecule has 16 nitrogen and oxygen atoms in total. The van der Waals surface area contributed by atoms with Gasteiger partial charge in [0, 0.05) is 12.1 Å². The topological polar surface area (TPSA) is 205 Å². The number of amides is 6. The van der Waals surface area contributed by atoms with Crippen LogP contribution in [0, 0.1) is 10.8 Å². The molecular weight excluding hydrogens is 989 g/mol. The normalized spacial score (nSPS) is 28.3. The number of carbonyl (C=O) groups excluding carboxylic acids is 6. The number of nitrogens with one attached hydrogen (secondary N) is 8. The van der Waals surface area contributed by atoms with E-state index in [2.05, 4.69) is 42.5 Å². The molecule has 20 heteroatoms. The lowest BCUT2D eigenvalue weighted by atomic mass is 9.83. The summed E-state index contributed by atoms with van der Waals surface area (Å²) < 4.78 is 0. The van der Waals surface area contributed by atoms with Gasteiger partial charge in [0.05, 0.1) is 32.8 Å². The van der Waals surface area contributed by atoms with Crippen molar-refractivity contribution in [1.82, 2.24) is 52.3 Å². The van der Waals surface area contributed by atoms with Crippen LogP contribution in [0.5, 0.6) is 0 Å². The first kappa shape index (κ1) is 55.4. The maximum atomic E-state index is 14.6. The highest BCUT2D eigenvalue weighted by Crippen LogP contribution is 2.48. The van der Waals surface area contributed by atoms with Gasteiger partial charge in [0.1, 0.15) is 36.3 Å². The highest BCUT2D eigenvalue weighted by Gasteiger charge is 2.56. The molecule has 6 amide bonds. The van der Waals surface area contributed by atoms with Gasteiger partial charge in [-0.05, 0) is 113 Å². The number of likely N-dealkylation sites (N-methyl/N-ethyl adjacent to an activating group) is 2. The van der Waals surface area contributed by atoms with Gasteiger partial charge >= 0.3 is 0 Å². The molecule has 4 heterocycles. The summed E-state index contributed by atoms with van der Waals surface area (Å²) in [5.74, 6) is -0.413. The smallest absolute Gasteiger partial charge is 0.247 e. The third-order valence-corrected chi connectivity index (χ3v) is 18.6. The van der Waals surface area contributed by atoms with Crippen LogP contribution < -0.4 is 42.5 Å². The molecule has 0 aromatic heterocycles. The predicted octanol–water partition coefficient (Wildman–Crippen LogP) is 4.21. The van der Waals surface area contributed by atoms with Crippen LogP contribution in [0.25, 0.3) is 0 Å². The third-order valence-electron chi connectivity index (χ3n) is 15.2. The van der Waals surface area contributed by atoms with E-state index < -0.39 is 58.9 Å². The number of carbonyl (C=O) groups is 6. The number of fused-ring (bicyclic) bond motifs is 2. The number of thiocarbonyl (C=S) groups is 2. The van der Waals surface area contributed by atoms with Crippen molar-refractivity contribution in [2.45, 2.75) is 164 Å². The van der Waals surface area contributed by atoms with Gasteiger partial charge in [-0.15, -0.1) is 23.5 Å². The fraction of sp³-hybridized carbons (Fsp3) is 0.615. The van der Waals surface area contributed by atoms with Crippen LogP contribution in [0.15, 0.2) is 60.7 Å². The van der Waals surface area contributed by atoms with Gasteiger partial charge in [-0.2, -0.15) is 0 Å². The first-order valence-electron chi connectivity index (χ1n) is 25.4. The Morgan fingerprint density at radius 2 is 0.917 bits per heavy atom. The number of nitrogens with zero attached hydrogens (tertiary/aromatic N) is 2. The van der Waals surface area contributed by atoms with Crippen molar-refractivity contribution < 1.29 is 28.8 Å². The standard InChI is InChI=1S/C52H74N10O6S4/c1-29(53-7)47(69)57-35-23-25-71-37-27-51(3,4)41(61(37)49(35)67)45(65)59-39(31-15-11-9-12-16-31)43(63)55-33-19-21-34(22-20-33)56-44(64)40(32-17-13-10-14-18-32)60-46(66)42-52(5,6)28-38-62(42)50(68)36(24-26-72-38)58-48(70)30(2)54-8/h9-18,29-30,33-42,53-54H,19-28H2,1-8H3,(H,55,63)(H,56,64)(H,57,69)(H,58,70)(H,59,65)(H,60,66)/t29-,30+,33?,34?,35-,36+,37?,38?,39+,40-,41-,42-/m1/s1. The van der Waals surface area contributed by atoms with Crippen molar-refractivity contribution in [3.05, 3.63) is 71.8 Å². The molecule has 7 rings (SSSR count). The summed E-state index contributed by atoms with van der Waals surface area (Å²) in [6.45, 7) is 11.9. The minimum absolute atomic E-state index is 0.133. The Hall–Kier alpha value is -4.34. The quantitative estimate of drug-likeness (QED) is 0.111. The van der Waals surface area contributed by atoms with Crippen LogP contribution in [0.2, 0.25) is 0 Å². The van der Waals surface area contributed by atoms with Crippen molar-refractivity contribution in [2.24, 2.45) is 10.8 Å². The molecule has 5 fully saturated rings. The van der Waals surface area contributed by atoms with Gasteiger partial charge in [0.25, 0.3) is 0 Å². The monoisotopic (exact) mass is 1060 g/mol. The number of benzene rings is 2. The molecule has 0 radical (unpaired) electrons. The Morgan fingerprint density at radius 1 is 0.569 bits per heavy atom. The van der Waals surface area contributed by atoms with Crippen molar-refractivity contribution in [2.75, 3.05) is 25.6 Å². The zero-order chi connectivity index (χ0) is 52.1. The molecular formula is C52H74N10O6S4. The van der Waals surface area contributed by atoms with Crippen LogP contribution >= 0.6 is 48.0 Å². The van der Waals surface area contributed by atoms with E-state index in [0.717, 1.165) is 11.5 Å². The molecule has 392 valence electrons. The molecule has 10 atom stereocenters. The molecule has 2 unspecified atom stereocenters. The zero-order valence-electron chi connectivity index (χ0n) is 42.7. The Balaban J connectivity index is 1.00. The van der Waals surface area contributed by atoms with Crippen LogP contribution in [0.3, 0.4) is 0 Å². The fourth-order valence-corrected chi connectivity index (χ4v) is 14.5. The van der Waals surface area contributed by atoms with E-state index in [1.165, 1.54) is 0 Å². The van der Waals surface area contributed by atoms with E-state index in [-0.39, 0.29) is 58.5 Å². The average Bonchev–Trinajstić information content (AvgIpc) is 3.68. The van der Waals surface area contributed by atoms with Crippen molar-refractivity contribution in [1.29, 1.82) is 0 Å². The molecule has 4 aliphatic heterocycles. The van der Waals surface area contributed by atoms with E-state index in [4.69, 9.17) is 24.4 Å². The Labute approximate surface area is 444 Å². The molecule has 5 aliphatic rings. The van der Waals surface area contributed by atoms with E-state index in [9.17, 15) is 28.8 Å². The Morgan fingerprint density at radius 3 is 1.25 bits per heavy atom. The Kier molecular flexibility index (Phi) is 18.4. The minimum atomic E-state index is -1.03. The lowest BCUT2D eigenvalue weighted by Crippen LogP contribution is -2.59. The molecule has 1 aliphatic carbocycles. The van der Waals surface area contributed by atoms with E-state index in [1.54, 1.807) is 33.3 Å². The number of hydrogen-bond donors (Lipinski definition) is 8. The molecule has 0 bridgehead atoms. The SMILES string of the molecule is CN[C@@H](C)C(=S)N[C@H]1CCSC2CC(C)(C)[C@@H](C(=O)N[C@@H](C(=O)NC3CCC(NC(=O)[C@@H](NC(=O)[C@H]4N5C(=O)[C@H](NC(=S)[C@@H](C)NC)CCSC5CC4(C)C)c4ccccc4)CC3)c3ccccc3)N2C1=O. The summed E-state index contributed by atoms with van der Waals surface area (Å²) in [5.41, 5.74) is 0.0683. The number of rotatable bonds is 16. The highest BCUT2D eigenvalue weighted by atomic mass is 32.2. The zero-order valence-corrected chi connectivity index (χ0v) is 46.0. The highest BCUT2D eigenvalue weighted by molar-refractivity contribution is 8.00. The fourth-order valence-electron chi connectivity index (χ4n) is 10.8. The largest absolute Gasteiger partial charge is 0.367 e.